The molecule has 0 saturated carbocycles. The maximum Gasteiger partial charge on any atom is -0.0219 e. The second-order valence-electron chi connectivity index (χ2n) is 5.40. The molecule has 0 atom stereocenters. The van der Waals surface area contributed by atoms with E-state index in [2.05, 4.69) is 59.7 Å². The first-order chi connectivity index (χ1) is 7.91. The smallest absolute Gasteiger partial charge is 0.0219 e. The summed E-state index contributed by atoms with van der Waals surface area (Å²) in [5.41, 5.74) is 4.43. The Morgan fingerprint density at radius 2 is 0.765 bits per heavy atom. The lowest BCUT2D eigenvalue weighted by Crippen LogP contribution is -1.98. The van der Waals surface area contributed by atoms with Gasteiger partial charge in [0.25, 0.3) is 0 Å². The molecular formula is C15H26O2. The summed E-state index contributed by atoms with van der Waals surface area (Å²) in [5, 5.41) is 12.0. The molecule has 98 valence electrons. The summed E-state index contributed by atoms with van der Waals surface area (Å²) < 4.78 is 0. The van der Waals surface area contributed by atoms with Crippen LogP contribution in [0.25, 0.3) is 0 Å². The molecule has 1 aromatic rings. The summed E-state index contributed by atoms with van der Waals surface area (Å²) >= 11 is 0. The Morgan fingerprint density at radius 3 is 0.882 bits per heavy atom. The van der Waals surface area contributed by atoms with Gasteiger partial charge in [0.15, 0.2) is 0 Å². The van der Waals surface area contributed by atoms with Crippen LogP contribution in [0.5, 0.6) is 0 Å². The van der Waals surface area contributed by atoms with Crippen LogP contribution in [0.3, 0.4) is 0 Å². The van der Waals surface area contributed by atoms with Crippen molar-refractivity contribution >= 4 is 0 Å². The van der Waals surface area contributed by atoms with E-state index in [1.807, 2.05) is 0 Å². The summed E-state index contributed by atoms with van der Waals surface area (Å²) in [4.78, 5) is 0. The van der Waals surface area contributed by atoms with Crippen LogP contribution in [0.2, 0.25) is 0 Å². The van der Waals surface area contributed by atoms with Gasteiger partial charge in [-0.15, -0.1) is 0 Å². The monoisotopic (exact) mass is 238 g/mol. The molecule has 0 heterocycles. The van der Waals surface area contributed by atoms with E-state index in [4.69, 9.17) is 10.5 Å². The van der Waals surface area contributed by atoms with E-state index in [-0.39, 0.29) is 0 Å². The van der Waals surface area contributed by atoms with E-state index < -0.39 is 0 Å². The van der Waals surface area contributed by atoms with Gasteiger partial charge in [0, 0.05) is 0 Å². The molecule has 0 unspecified atom stereocenters. The lowest BCUT2D eigenvalue weighted by Gasteiger charge is -2.16. The van der Waals surface area contributed by atoms with Crippen LogP contribution in [0.1, 0.15) is 76.0 Å². The topological polar surface area (TPSA) is 40.5 Å². The third-order valence-corrected chi connectivity index (χ3v) is 3.00. The average molecular weight is 238 g/mol. The van der Waals surface area contributed by atoms with Gasteiger partial charge in [-0.05, 0) is 34.4 Å². The molecule has 2 nitrogen and oxygen atoms in total. The molecule has 0 amide bonds. The predicted octanol–water partition coefficient (Wildman–Crippen LogP) is 5.07. The van der Waals surface area contributed by atoms with Crippen LogP contribution in [0.15, 0.2) is 18.2 Å². The summed E-state index contributed by atoms with van der Waals surface area (Å²) in [6.45, 7) is 13.6. The maximum atomic E-state index is 6.00. The molecule has 1 rings (SSSR count). The maximum absolute atomic E-state index is 6.00. The van der Waals surface area contributed by atoms with Crippen molar-refractivity contribution < 1.29 is 10.5 Å². The Morgan fingerprint density at radius 1 is 0.588 bits per heavy atom. The van der Waals surface area contributed by atoms with E-state index in [0.29, 0.717) is 17.8 Å². The van der Waals surface area contributed by atoms with Crippen molar-refractivity contribution in [1.29, 1.82) is 0 Å². The normalized spacial score (nSPS) is 10.8. The Kier molecular flexibility index (Phi) is 7.09. The third kappa shape index (κ3) is 4.88. The molecule has 0 aliphatic rings. The second-order valence-corrected chi connectivity index (χ2v) is 5.40. The summed E-state index contributed by atoms with van der Waals surface area (Å²) in [7, 11) is 0. The van der Waals surface area contributed by atoms with Crippen molar-refractivity contribution in [2.45, 2.75) is 59.3 Å². The molecule has 0 saturated heterocycles. The zero-order chi connectivity index (χ0) is 13.6. The lowest BCUT2D eigenvalue weighted by molar-refractivity contribution is -0.176. The van der Waals surface area contributed by atoms with Crippen LogP contribution < -0.4 is 0 Å². The van der Waals surface area contributed by atoms with Crippen LogP contribution in [0.4, 0.5) is 0 Å². The summed E-state index contributed by atoms with van der Waals surface area (Å²) in [6, 6.07) is 7.09. The van der Waals surface area contributed by atoms with E-state index in [9.17, 15) is 0 Å². The standard InChI is InChI=1S/C15H24.H2O2/c1-10(2)13-7-14(11(3)4)9-15(8-13)12(5)6;1-2/h7-12H,1-6H3;1-2H. The number of hydrogen-bond acceptors (Lipinski definition) is 2. The third-order valence-electron chi connectivity index (χ3n) is 3.00. The minimum Gasteiger partial charge on any atom is -0.255 e. The van der Waals surface area contributed by atoms with Crippen LogP contribution in [-0.2, 0) is 0 Å². The first-order valence-electron chi connectivity index (χ1n) is 6.26. The molecular weight excluding hydrogens is 212 g/mol. The molecule has 2 N–H and O–H groups in total. The van der Waals surface area contributed by atoms with Gasteiger partial charge >= 0.3 is 0 Å². The van der Waals surface area contributed by atoms with Gasteiger partial charge in [-0.2, -0.15) is 0 Å². The minimum atomic E-state index is 0.626. The quantitative estimate of drug-likeness (QED) is 0.570. The highest BCUT2D eigenvalue weighted by Gasteiger charge is 2.08. The Balaban J connectivity index is 0.00000121. The zero-order valence-electron chi connectivity index (χ0n) is 11.9. The van der Waals surface area contributed by atoms with Crippen LogP contribution in [0, 0.1) is 0 Å². The average Bonchev–Trinajstić information content (AvgIpc) is 2.30. The Hall–Kier alpha value is -0.860. The van der Waals surface area contributed by atoms with Gasteiger partial charge in [-0.1, -0.05) is 59.7 Å². The predicted molar refractivity (Wildman–Crippen MR) is 74.0 cm³/mol. The van der Waals surface area contributed by atoms with E-state index in [1.54, 1.807) is 0 Å². The van der Waals surface area contributed by atoms with Gasteiger partial charge in [0.1, 0.15) is 0 Å². The van der Waals surface area contributed by atoms with Crippen molar-refractivity contribution in [3.63, 3.8) is 0 Å². The molecule has 0 spiro atoms. The van der Waals surface area contributed by atoms with Crippen LogP contribution in [-0.4, -0.2) is 10.5 Å². The summed E-state index contributed by atoms with van der Waals surface area (Å²) in [6.07, 6.45) is 0. The molecule has 0 radical (unpaired) electrons. The van der Waals surface area contributed by atoms with Crippen molar-refractivity contribution in [3.8, 4) is 0 Å². The fourth-order valence-corrected chi connectivity index (χ4v) is 1.70. The first-order valence-corrected chi connectivity index (χ1v) is 6.26. The molecule has 17 heavy (non-hydrogen) atoms. The number of hydrogen-bond donors (Lipinski definition) is 2. The first kappa shape index (κ1) is 16.1. The SMILES string of the molecule is CC(C)c1cc(C(C)C)cc(C(C)C)c1.OO. The largest absolute Gasteiger partial charge is 0.255 e. The van der Waals surface area contributed by atoms with Crippen LogP contribution >= 0.6 is 0 Å². The van der Waals surface area contributed by atoms with Crippen molar-refractivity contribution in [2.75, 3.05) is 0 Å². The van der Waals surface area contributed by atoms with E-state index in [1.165, 1.54) is 16.7 Å². The van der Waals surface area contributed by atoms with E-state index in [0.717, 1.165) is 0 Å². The van der Waals surface area contributed by atoms with Gasteiger partial charge in [0.2, 0.25) is 0 Å². The molecule has 0 aliphatic heterocycles. The fraction of sp³-hybridized carbons (Fsp3) is 0.600. The fourth-order valence-electron chi connectivity index (χ4n) is 1.70. The molecule has 0 aliphatic carbocycles. The lowest BCUT2D eigenvalue weighted by atomic mass is 9.90. The minimum absolute atomic E-state index is 0.626. The van der Waals surface area contributed by atoms with Crippen molar-refractivity contribution in [2.24, 2.45) is 0 Å². The molecule has 0 aromatic heterocycles. The Labute approximate surface area is 105 Å². The summed E-state index contributed by atoms with van der Waals surface area (Å²) in [5.74, 6) is 1.88. The number of benzene rings is 1. The highest BCUT2D eigenvalue weighted by molar-refractivity contribution is 5.35. The second kappa shape index (κ2) is 7.46. The molecule has 1 aromatic carbocycles. The molecule has 2 heteroatoms. The zero-order valence-corrected chi connectivity index (χ0v) is 11.9. The number of rotatable bonds is 3. The van der Waals surface area contributed by atoms with Gasteiger partial charge < -0.3 is 0 Å². The highest BCUT2D eigenvalue weighted by atomic mass is 17.0. The molecule has 0 bridgehead atoms. The van der Waals surface area contributed by atoms with Gasteiger partial charge in [-0.3, -0.25) is 10.5 Å². The Bertz CT molecular complexity index is 263. The highest BCUT2D eigenvalue weighted by Crippen LogP contribution is 2.26. The molecule has 0 fully saturated rings. The van der Waals surface area contributed by atoms with E-state index >= 15 is 0 Å². The van der Waals surface area contributed by atoms with Crippen molar-refractivity contribution in [3.05, 3.63) is 34.9 Å². The van der Waals surface area contributed by atoms with Gasteiger partial charge in [-0.25, -0.2) is 0 Å². The van der Waals surface area contributed by atoms with Gasteiger partial charge in [0.05, 0.1) is 0 Å². The van der Waals surface area contributed by atoms with Crippen molar-refractivity contribution in [1.82, 2.24) is 0 Å².